The van der Waals surface area contributed by atoms with Crippen LogP contribution in [0.3, 0.4) is 0 Å². The summed E-state index contributed by atoms with van der Waals surface area (Å²) in [7, 11) is 0. The number of halogens is 1. The summed E-state index contributed by atoms with van der Waals surface area (Å²) in [6, 6.07) is 10.9. The Morgan fingerprint density at radius 3 is 2.54 bits per heavy atom. The number of carbonyl (C=O) groups excluding carboxylic acids is 1. The molecule has 1 saturated heterocycles. The van der Waals surface area contributed by atoms with Gasteiger partial charge in [0.05, 0.1) is 16.4 Å². The molecule has 3 heterocycles. The molecular weight excluding hydrogens is 378 g/mol. The molecule has 1 aromatic carbocycles. The lowest BCUT2D eigenvalue weighted by Gasteiger charge is -2.35. The molecule has 2 amide bonds. The summed E-state index contributed by atoms with van der Waals surface area (Å²) in [5.41, 5.74) is 1.55. The second kappa shape index (κ2) is 7.85. The van der Waals surface area contributed by atoms with Crippen molar-refractivity contribution in [3.63, 3.8) is 0 Å². The smallest absolute Gasteiger partial charge is 0.322 e. The zero-order valence-electron chi connectivity index (χ0n) is 15.4. The highest BCUT2D eigenvalue weighted by Crippen LogP contribution is 2.21. The maximum absolute atomic E-state index is 12.5. The number of aromatic nitrogens is 4. The van der Waals surface area contributed by atoms with Crippen LogP contribution in [-0.4, -0.2) is 56.9 Å². The third-order valence-electron chi connectivity index (χ3n) is 4.60. The van der Waals surface area contributed by atoms with Gasteiger partial charge in [-0.25, -0.2) is 19.4 Å². The molecule has 1 N–H and O–H groups in total. The van der Waals surface area contributed by atoms with Crippen molar-refractivity contribution >= 4 is 29.1 Å². The van der Waals surface area contributed by atoms with Crippen LogP contribution >= 0.6 is 11.6 Å². The molecule has 0 radical (unpaired) electrons. The zero-order valence-corrected chi connectivity index (χ0v) is 16.2. The number of amides is 2. The first-order valence-electron chi connectivity index (χ1n) is 9.00. The van der Waals surface area contributed by atoms with Crippen molar-refractivity contribution in [1.82, 2.24) is 24.6 Å². The van der Waals surface area contributed by atoms with Crippen LogP contribution in [0.1, 0.15) is 5.69 Å². The van der Waals surface area contributed by atoms with Gasteiger partial charge in [0, 0.05) is 38.4 Å². The van der Waals surface area contributed by atoms with Gasteiger partial charge >= 0.3 is 6.03 Å². The number of nitrogens with one attached hydrogen (secondary N) is 1. The molecule has 0 atom stereocenters. The molecule has 1 fully saturated rings. The summed E-state index contributed by atoms with van der Waals surface area (Å²) < 4.78 is 1.73. The van der Waals surface area contributed by atoms with Crippen molar-refractivity contribution < 1.29 is 4.79 Å². The Bertz CT molecular complexity index is 982. The Kier molecular flexibility index (Phi) is 5.12. The van der Waals surface area contributed by atoms with Gasteiger partial charge < -0.3 is 15.1 Å². The predicted octanol–water partition coefficient (Wildman–Crippen LogP) is 2.98. The maximum atomic E-state index is 12.5. The average molecular weight is 398 g/mol. The summed E-state index contributed by atoms with van der Waals surface area (Å²) in [5, 5.41) is 7.78. The first-order chi connectivity index (χ1) is 13.6. The summed E-state index contributed by atoms with van der Waals surface area (Å²) >= 11 is 6.11. The van der Waals surface area contributed by atoms with Gasteiger partial charge in [-0.3, -0.25) is 0 Å². The number of urea groups is 1. The van der Waals surface area contributed by atoms with Crippen molar-refractivity contribution in [3.8, 4) is 5.82 Å². The van der Waals surface area contributed by atoms with Crippen molar-refractivity contribution in [2.45, 2.75) is 6.92 Å². The fourth-order valence-electron chi connectivity index (χ4n) is 3.07. The largest absolute Gasteiger partial charge is 0.353 e. The third kappa shape index (κ3) is 3.91. The van der Waals surface area contributed by atoms with Crippen LogP contribution < -0.4 is 10.2 Å². The van der Waals surface area contributed by atoms with Gasteiger partial charge in [0.25, 0.3) is 0 Å². The van der Waals surface area contributed by atoms with E-state index in [2.05, 4.69) is 25.3 Å². The van der Waals surface area contributed by atoms with E-state index in [-0.39, 0.29) is 6.03 Å². The van der Waals surface area contributed by atoms with Gasteiger partial charge in [0.2, 0.25) is 0 Å². The van der Waals surface area contributed by atoms with Crippen molar-refractivity contribution in [1.29, 1.82) is 0 Å². The molecule has 9 heteroatoms. The van der Waals surface area contributed by atoms with Gasteiger partial charge in [-0.15, -0.1) is 0 Å². The molecule has 0 unspecified atom stereocenters. The first kappa shape index (κ1) is 18.2. The Balaban J connectivity index is 1.39. The minimum atomic E-state index is -0.150. The molecule has 28 heavy (non-hydrogen) atoms. The minimum absolute atomic E-state index is 0.150. The summed E-state index contributed by atoms with van der Waals surface area (Å²) in [5.74, 6) is 1.54. The van der Waals surface area contributed by atoms with E-state index in [1.54, 1.807) is 21.7 Å². The highest BCUT2D eigenvalue weighted by atomic mass is 35.5. The van der Waals surface area contributed by atoms with Gasteiger partial charge in [0.15, 0.2) is 5.82 Å². The Morgan fingerprint density at radius 2 is 1.82 bits per heavy atom. The van der Waals surface area contributed by atoms with Crippen molar-refractivity contribution in [2.75, 3.05) is 36.4 Å². The molecule has 4 rings (SSSR count). The lowest BCUT2D eigenvalue weighted by molar-refractivity contribution is 0.208. The van der Waals surface area contributed by atoms with Crippen molar-refractivity contribution in [3.05, 3.63) is 59.6 Å². The number of hydrogen-bond donors (Lipinski definition) is 1. The van der Waals surface area contributed by atoms with E-state index < -0.39 is 0 Å². The molecule has 3 aromatic rings. The quantitative estimate of drug-likeness (QED) is 0.735. The first-order valence-corrected chi connectivity index (χ1v) is 9.38. The lowest BCUT2D eigenvalue weighted by Crippen LogP contribution is -2.50. The maximum Gasteiger partial charge on any atom is 0.322 e. The molecule has 0 saturated carbocycles. The average Bonchev–Trinajstić information content (AvgIpc) is 3.16. The van der Waals surface area contributed by atoms with Crippen LogP contribution in [0.4, 0.5) is 16.3 Å². The number of piperazine rings is 1. The normalized spacial score (nSPS) is 14.2. The van der Waals surface area contributed by atoms with Gasteiger partial charge in [0.1, 0.15) is 12.1 Å². The van der Waals surface area contributed by atoms with E-state index >= 15 is 0 Å². The Hall–Kier alpha value is -3.13. The van der Waals surface area contributed by atoms with E-state index in [4.69, 9.17) is 11.6 Å². The summed E-state index contributed by atoms with van der Waals surface area (Å²) in [6.45, 7) is 4.49. The van der Waals surface area contributed by atoms with Crippen LogP contribution in [0.5, 0.6) is 0 Å². The number of carbonyl (C=O) groups is 1. The van der Waals surface area contributed by atoms with Gasteiger partial charge in [-0.1, -0.05) is 23.7 Å². The SMILES string of the molecule is Cc1ccn(-c2cc(N3CCN(C(=O)Nc4ccccc4Cl)CC3)ncn2)n1. The number of anilines is 2. The number of hydrogen-bond acceptors (Lipinski definition) is 5. The number of aryl methyl sites for hydroxylation is 1. The van der Waals surface area contributed by atoms with E-state index in [0.717, 1.165) is 17.3 Å². The van der Waals surface area contributed by atoms with E-state index in [1.165, 1.54) is 6.33 Å². The molecule has 144 valence electrons. The van der Waals surface area contributed by atoms with Crippen LogP contribution in [0, 0.1) is 6.92 Å². The summed E-state index contributed by atoms with van der Waals surface area (Å²) in [4.78, 5) is 25.1. The van der Waals surface area contributed by atoms with E-state index in [0.29, 0.717) is 36.9 Å². The number of para-hydroxylation sites is 1. The van der Waals surface area contributed by atoms with Gasteiger partial charge in [-0.05, 0) is 25.1 Å². The number of nitrogens with zero attached hydrogens (tertiary/aromatic N) is 6. The van der Waals surface area contributed by atoms with Crippen LogP contribution in [0.2, 0.25) is 5.02 Å². The highest BCUT2D eigenvalue weighted by Gasteiger charge is 2.22. The van der Waals surface area contributed by atoms with Crippen LogP contribution in [0.25, 0.3) is 5.82 Å². The second-order valence-corrected chi connectivity index (χ2v) is 6.93. The van der Waals surface area contributed by atoms with Crippen LogP contribution in [0.15, 0.2) is 48.9 Å². The molecule has 0 aliphatic carbocycles. The fraction of sp³-hybridized carbons (Fsp3) is 0.263. The Morgan fingerprint density at radius 1 is 1.07 bits per heavy atom. The zero-order chi connectivity index (χ0) is 19.5. The molecule has 0 bridgehead atoms. The molecule has 1 aliphatic heterocycles. The second-order valence-electron chi connectivity index (χ2n) is 6.52. The van der Waals surface area contributed by atoms with Crippen molar-refractivity contribution in [2.24, 2.45) is 0 Å². The topological polar surface area (TPSA) is 79.2 Å². The third-order valence-corrected chi connectivity index (χ3v) is 4.93. The molecule has 8 nitrogen and oxygen atoms in total. The standard InChI is InChI=1S/C19H20ClN7O/c1-14-6-7-27(24-14)18-12-17(21-13-22-18)25-8-10-26(11-9-25)19(28)23-16-5-3-2-4-15(16)20/h2-7,12-13H,8-11H2,1H3,(H,23,28). The molecule has 2 aromatic heterocycles. The monoisotopic (exact) mass is 397 g/mol. The highest BCUT2D eigenvalue weighted by molar-refractivity contribution is 6.33. The van der Waals surface area contributed by atoms with E-state index in [9.17, 15) is 4.79 Å². The number of benzene rings is 1. The summed E-state index contributed by atoms with van der Waals surface area (Å²) in [6.07, 6.45) is 3.41. The van der Waals surface area contributed by atoms with Gasteiger partial charge in [-0.2, -0.15) is 5.10 Å². The predicted molar refractivity (Wildman–Crippen MR) is 108 cm³/mol. The molecule has 1 aliphatic rings. The molecule has 0 spiro atoms. The Labute approximate surface area is 167 Å². The molecular formula is C19H20ClN7O. The fourth-order valence-corrected chi connectivity index (χ4v) is 3.26. The number of rotatable bonds is 3. The van der Waals surface area contributed by atoms with Crippen LogP contribution in [-0.2, 0) is 0 Å². The minimum Gasteiger partial charge on any atom is -0.353 e. The lowest BCUT2D eigenvalue weighted by atomic mass is 10.3. The van der Waals surface area contributed by atoms with E-state index in [1.807, 2.05) is 37.4 Å².